The fraction of sp³-hybridized carbons (Fsp3) is 0.457. The fourth-order valence-corrected chi connectivity index (χ4v) is 5.80. The van der Waals surface area contributed by atoms with Gasteiger partial charge in [-0.1, -0.05) is 73.5 Å². The van der Waals surface area contributed by atoms with Crippen LogP contribution in [0.3, 0.4) is 0 Å². The maximum atomic E-state index is 14.0. The molecule has 0 spiro atoms. The molecule has 300 valence electrons. The number of amides is 1. The highest BCUT2D eigenvalue weighted by Gasteiger charge is 2.29. The predicted molar refractivity (Wildman–Crippen MR) is 197 cm³/mol. The summed E-state index contributed by atoms with van der Waals surface area (Å²) in [5, 5.41) is 35.8. The summed E-state index contributed by atoms with van der Waals surface area (Å²) in [7, 11) is 0. The second-order valence-corrected chi connectivity index (χ2v) is 12.7. The van der Waals surface area contributed by atoms with Gasteiger partial charge in [-0.25, -0.2) is 9.78 Å². The SMILES string of the molecule is CCCCc1nc(Cl)c(C(=O)N[C@@H](CCC(=O)OCCCCO[N+](=O)[O-])C(=O)OCCCCO[N+](=O)[O-])n1Cc1ccc(-c2ccccc2-c2nn[nH]n2)cc1. The number of nitrogens with zero attached hydrogens (tertiary/aromatic N) is 7. The molecule has 1 atom stereocenters. The average molecular weight is 800 g/mol. The number of rotatable bonds is 25. The summed E-state index contributed by atoms with van der Waals surface area (Å²) in [5.41, 5.74) is 3.43. The lowest BCUT2D eigenvalue weighted by atomic mass is 9.98. The van der Waals surface area contributed by atoms with Crippen LogP contribution in [0, 0.1) is 20.2 Å². The number of hydrogen-bond acceptors (Lipinski definition) is 15. The number of nitrogens with one attached hydrogen (secondary N) is 2. The molecule has 0 aliphatic rings. The molecule has 0 saturated heterocycles. The van der Waals surface area contributed by atoms with E-state index in [0.29, 0.717) is 24.5 Å². The average Bonchev–Trinajstić information content (AvgIpc) is 3.83. The maximum Gasteiger partial charge on any atom is 0.328 e. The molecule has 1 amide bonds. The molecule has 0 aliphatic carbocycles. The van der Waals surface area contributed by atoms with E-state index in [1.54, 1.807) is 4.57 Å². The molecule has 2 heterocycles. The lowest BCUT2D eigenvalue weighted by molar-refractivity contribution is -0.757. The predicted octanol–water partition coefficient (Wildman–Crippen LogP) is 4.72. The number of aromatic amines is 1. The molecule has 0 saturated carbocycles. The van der Waals surface area contributed by atoms with Crippen LogP contribution >= 0.6 is 11.6 Å². The number of ether oxygens (including phenoxy) is 2. The molecular formula is C35H42ClN9O11. The van der Waals surface area contributed by atoms with Crippen LogP contribution in [-0.4, -0.2) is 90.7 Å². The second kappa shape index (κ2) is 22.3. The van der Waals surface area contributed by atoms with Gasteiger partial charge < -0.3 is 29.0 Å². The summed E-state index contributed by atoms with van der Waals surface area (Å²) in [5.74, 6) is -1.22. The van der Waals surface area contributed by atoms with Crippen molar-refractivity contribution in [3.05, 3.63) is 91.0 Å². The van der Waals surface area contributed by atoms with E-state index in [1.165, 1.54) is 0 Å². The second-order valence-electron chi connectivity index (χ2n) is 12.3. The Hall–Kier alpha value is -6.18. The van der Waals surface area contributed by atoms with Crippen LogP contribution in [0.15, 0.2) is 48.5 Å². The summed E-state index contributed by atoms with van der Waals surface area (Å²) < 4.78 is 12.2. The highest BCUT2D eigenvalue weighted by Crippen LogP contribution is 2.30. The van der Waals surface area contributed by atoms with E-state index < -0.39 is 34.1 Å². The zero-order chi connectivity index (χ0) is 40.3. The summed E-state index contributed by atoms with van der Waals surface area (Å²) in [6.45, 7) is 1.75. The number of carbonyl (C=O) groups excluding carboxylic acids is 3. The van der Waals surface area contributed by atoms with Gasteiger partial charge >= 0.3 is 11.9 Å². The Morgan fingerprint density at radius 3 is 2.16 bits per heavy atom. The van der Waals surface area contributed by atoms with Gasteiger partial charge in [-0.3, -0.25) is 9.59 Å². The third kappa shape index (κ3) is 13.3. The van der Waals surface area contributed by atoms with Gasteiger partial charge in [-0.2, -0.15) is 5.21 Å². The molecule has 4 aromatic rings. The number of aryl methyl sites for hydroxylation is 1. The zero-order valence-electron chi connectivity index (χ0n) is 30.6. The number of carbonyl (C=O) groups is 3. The van der Waals surface area contributed by atoms with Gasteiger partial charge in [0.05, 0.1) is 26.4 Å². The molecule has 2 aromatic carbocycles. The molecule has 56 heavy (non-hydrogen) atoms. The van der Waals surface area contributed by atoms with Crippen molar-refractivity contribution < 1.29 is 43.7 Å². The highest BCUT2D eigenvalue weighted by atomic mass is 35.5. The van der Waals surface area contributed by atoms with Crippen molar-refractivity contribution in [2.24, 2.45) is 0 Å². The molecule has 20 nitrogen and oxygen atoms in total. The summed E-state index contributed by atoms with van der Waals surface area (Å²) in [4.78, 5) is 73.4. The Kier molecular flexibility index (Phi) is 16.9. The number of tetrazole rings is 1. The molecule has 21 heteroatoms. The number of imidazole rings is 1. The van der Waals surface area contributed by atoms with E-state index in [2.05, 4.69) is 40.6 Å². The molecular weight excluding hydrogens is 758 g/mol. The van der Waals surface area contributed by atoms with Crippen molar-refractivity contribution in [2.45, 2.75) is 77.3 Å². The normalized spacial score (nSPS) is 11.4. The Balaban J connectivity index is 1.50. The Bertz CT molecular complexity index is 1910. The third-order valence-corrected chi connectivity index (χ3v) is 8.56. The maximum absolute atomic E-state index is 14.0. The number of benzene rings is 2. The van der Waals surface area contributed by atoms with E-state index in [0.717, 1.165) is 35.1 Å². The van der Waals surface area contributed by atoms with Crippen LogP contribution in [0.25, 0.3) is 22.5 Å². The number of hydrogen-bond donors (Lipinski definition) is 2. The van der Waals surface area contributed by atoms with Gasteiger partial charge in [-0.15, -0.1) is 30.4 Å². The van der Waals surface area contributed by atoms with E-state index in [1.807, 2.05) is 55.5 Å². The lowest BCUT2D eigenvalue weighted by Crippen LogP contribution is -2.43. The van der Waals surface area contributed by atoms with Crippen LogP contribution < -0.4 is 5.32 Å². The van der Waals surface area contributed by atoms with Gasteiger partial charge in [0.2, 0.25) is 5.82 Å². The zero-order valence-corrected chi connectivity index (χ0v) is 31.4. The molecule has 0 radical (unpaired) electrons. The van der Waals surface area contributed by atoms with Crippen LogP contribution in [0.2, 0.25) is 5.15 Å². The highest BCUT2D eigenvalue weighted by molar-refractivity contribution is 6.32. The minimum absolute atomic E-state index is 0.0125. The standard InChI is InChI=1S/C35H42ClN9O11/c1-2-3-12-29-38-32(36)31(43(29)23-24-13-15-25(16-14-24)26-10-4-5-11-27(26)33-39-41-42-40-33)34(47)37-28(35(48)54-20-7-9-22-56-45(51)52)17-18-30(46)53-19-6-8-21-55-44(49)50/h4-5,10-11,13-16,28H,2-3,6-9,12,17-23H2,1H3,(H,37,47)(H,39,40,41,42)/t28-/m0/s1. The molecule has 0 unspecified atom stereocenters. The van der Waals surface area contributed by atoms with Crippen molar-refractivity contribution in [3.63, 3.8) is 0 Å². The van der Waals surface area contributed by atoms with Crippen molar-refractivity contribution in [1.82, 2.24) is 35.5 Å². The van der Waals surface area contributed by atoms with Crippen LogP contribution in [0.4, 0.5) is 0 Å². The topological polar surface area (TPSA) is 259 Å². The monoisotopic (exact) mass is 799 g/mol. The number of halogens is 1. The smallest absolute Gasteiger partial charge is 0.328 e. The number of esters is 2. The van der Waals surface area contributed by atoms with Gasteiger partial charge in [-0.05, 0) is 60.4 Å². The van der Waals surface area contributed by atoms with Gasteiger partial charge in [0.25, 0.3) is 16.1 Å². The third-order valence-electron chi connectivity index (χ3n) is 8.30. The molecule has 0 bridgehead atoms. The summed E-state index contributed by atoms with van der Waals surface area (Å²) >= 11 is 6.61. The molecule has 2 N–H and O–H groups in total. The van der Waals surface area contributed by atoms with Crippen molar-refractivity contribution in [2.75, 3.05) is 26.4 Å². The van der Waals surface area contributed by atoms with Crippen LogP contribution in [0.1, 0.15) is 80.2 Å². The molecule has 0 aliphatic heterocycles. The van der Waals surface area contributed by atoms with Crippen molar-refractivity contribution >= 4 is 29.4 Å². The van der Waals surface area contributed by atoms with Crippen molar-refractivity contribution in [3.8, 4) is 22.5 Å². The Labute approximate surface area is 325 Å². The largest absolute Gasteiger partial charge is 0.466 e. The summed E-state index contributed by atoms with van der Waals surface area (Å²) in [6.07, 6.45) is 2.73. The number of unbranched alkanes of at least 4 members (excludes halogenated alkanes) is 3. The van der Waals surface area contributed by atoms with Crippen LogP contribution in [0.5, 0.6) is 0 Å². The van der Waals surface area contributed by atoms with Crippen LogP contribution in [-0.2, 0) is 41.7 Å². The molecule has 0 fully saturated rings. The first-order valence-corrected chi connectivity index (χ1v) is 18.3. The first kappa shape index (κ1) is 42.6. The Morgan fingerprint density at radius 1 is 0.893 bits per heavy atom. The van der Waals surface area contributed by atoms with Crippen molar-refractivity contribution in [1.29, 1.82) is 0 Å². The molecule has 2 aromatic heterocycles. The first-order chi connectivity index (χ1) is 27.1. The first-order valence-electron chi connectivity index (χ1n) is 17.9. The quantitative estimate of drug-likeness (QED) is 0.0398. The van der Waals surface area contributed by atoms with E-state index >= 15 is 0 Å². The lowest BCUT2D eigenvalue weighted by Gasteiger charge is -2.19. The van der Waals surface area contributed by atoms with Gasteiger partial charge in [0.1, 0.15) is 17.6 Å². The van der Waals surface area contributed by atoms with E-state index in [4.69, 9.17) is 21.1 Å². The minimum atomic E-state index is -1.31. The summed E-state index contributed by atoms with van der Waals surface area (Å²) in [6, 6.07) is 14.0. The molecule has 4 rings (SSSR count). The minimum Gasteiger partial charge on any atom is -0.466 e. The number of H-pyrrole nitrogens is 1. The van der Waals surface area contributed by atoms with E-state index in [9.17, 15) is 34.6 Å². The van der Waals surface area contributed by atoms with Gasteiger partial charge in [0.15, 0.2) is 5.15 Å². The van der Waals surface area contributed by atoms with E-state index in [-0.39, 0.29) is 75.9 Å². The Morgan fingerprint density at radius 2 is 1.54 bits per heavy atom. The fourth-order valence-electron chi connectivity index (χ4n) is 5.51. The van der Waals surface area contributed by atoms with Gasteiger partial charge in [0, 0.05) is 24.9 Å². The number of aromatic nitrogens is 6.